The highest BCUT2D eigenvalue weighted by atomic mass is 16.2. The fraction of sp³-hybridized carbons (Fsp3) is 0.895. The summed E-state index contributed by atoms with van der Waals surface area (Å²) in [5.74, 6) is 0.657. The monoisotopic (exact) mass is 335 g/mol. The molecule has 2 saturated carbocycles. The molecule has 0 radical (unpaired) electrons. The number of rotatable bonds is 6. The number of nitrogens with zero attached hydrogens (tertiary/aromatic N) is 2. The third kappa shape index (κ3) is 3.07. The van der Waals surface area contributed by atoms with Crippen molar-refractivity contribution in [3.8, 4) is 0 Å². The van der Waals surface area contributed by atoms with E-state index in [0.717, 1.165) is 38.6 Å². The van der Waals surface area contributed by atoms with Gasteiger partial charge in [0.15, 0.2) is 0 Å². The largest absolute Gasteiger partial charge is 0.326 e. The summed E-state index contributed by atoms with van der Waals surface area (Å²) in [5, 5.41) is 3.06. The molecule has 0 aromatic heterocycles. The van der Waals surface area contributed by atoms with Gasteiger partial charge in [-0.15, -0.1) is 0 Å². The summed E-state index contributed by atoms with van der Waals surface area (Å²) in [4.78, 5) is 29.2. The Morgan fingerprint density at radius 3 is 2.29 bits per heavy atom. The van der Waals surface area contributed by atoms with Crippen LogP contribution in [0.4, 0.5) is 4.79 Å². The third-order valence-electron chi connectivity index (χ3n) is 6.89. The number of nitrogens with one attached hydrogen (secondary N) is 1. The van der Waals surface area contributed by atoms with Gasteiger partial charge in [0.2, 0.25) is 0 Å². The highest BCUT2D eigenvalue weighted by molar-refractivity contribution is 6.07. The summed E-state index contributed by atoms with van der Waals surface area (Å²) >= 11 is 0. The lowest BCUT2D eigenvalue weighted by molar-refractivity contribution is -0.134. The number of carbonyl (C=O) groups excluding carboxylic acids is 2. The molecule has 1 N–H and O–H groups in total. The molecule has 1 spiro atoms. The van der Waals surface area contributed by atoms with Gasteiger partial charge < -0.3 is 5.32 Å². The second-order valence-corrected chi connectivity index (χ2v) is 8.64. The number of imide groups is 1. The zero-order chi connectivity index (χ0) is 17.5. The molecule has 1 heterocycles. The maximum absolute atomic E-state index is 13.0. The standard InChI is InChI=1S/C19H33N3O2/c1-5-18(3,4)14-9-11-19(12-10-14)16(23)22(17(24)20-19)13-21(6-2)15-7-8-15/h14-15H,5-13H2,1-4H3,(H,20,24). The van der Waals surface area contributed by atoms with Crippen molar-refractivity contribution < 1.29 is 9.59 Å². The number of urea groups is 1. The first kappa shape index (κ1) is 17.7. The Hall–Kier alpha value is -1.10. The van der Waals surface area contributed by atoms with E-state index in [0.29, 0.717) is 24.0 Å². The van der Waals surface area contributed by atoms with E-state index in [1.165, 1.54) is 17.7 Å². The first-order valence-corrected chi connectivity index (χ1v) is 9.71. The van der Waals surface area contributed by atoms with Crippen LogP contribution in [0.25, 0.3) is 0 Å². The van der Waals surface area contributed by atoms with E-state index in [4.69, 9.17) is 0 Å². The first-order valence-electron chi connectivity index (χ1n) is 9.71. The minimum Gasteiger partial charge on any atom is -0.323 e. The predicted octanol–water partition coefficient (Wildman–Crippen LogP) is 3.35. The molecule has 3 aliphatic rings. The quantitative estimate of drug-likeness (QED) is 0.757. The van der Waals surface area contributed by atoms with Gasteiger partial charge in [0.1, 0.15) is 5.54 Å². The maximum atomic E-state index is 13.0. The lowest BCUT2D eigenvalue weighted by atomic mass is 9.65. The molecule has 2 aliphatic carbocycles. The van der Waals surface area contributed by atoms with E-state index >= 15 is 0 Å². The van der Waals surface area contributed by atoms with Gasteiger partial charge in [-0.05, 0) is 56.4 Å². The van der Waals surface area contributed by atoms with E-state index in [-0.39, 0.29) is 11.9 Å². The highest BCUT2D eigenvalue weighted by Crippen LogP contribution is 2.45. The van der Waals surface area contributed by atoms with E-state index in [1.54, 1.807) is 0 Å². The van der Waals surface area contributed by atoms with Crippen LogP contribution >= 0.6 is 0 Å². The Kier molecular flexibility index (Phi) is 4.67. The molecule has 0 aromatic rings. The number of hydrogen-bond acceptors (Lipinski definition) is 3. The minimum absolute atomic E-state index is 0.0133. The molecular weight excluding hydrogens is 302 g/mol. The third-order valence-corrected chi connectivity index (χ3v) is 6.89. The minimum atomic E-state index is -0.625. The Bertz CT molecular complexity index is 505. The molecule has 0 bridgehead atoms. The van der Waals surface area contributed by atoms with Gasteiger partial charge >= 0.3 is 6.03 Å². The summed E-state index contributed by atoms with van der Waals surface area (Å²) in [7, 11) is 0. The molecule has 0 unspecified atom stereocenters. The molecule has 3 fully saturated rings. The van der Waals surface area contributed by atoms with E-state index in [1.807, 2.05) is 0 Å². The van der Waals surface area contributed by atoms with Gasteiger partial charge in [-0.25, -0.2) is 9.69 Å². The second-order valence-electron chi connectivity index (χ2n) is 8.64. The summed E-state index contributed by atoms with van der Waals surface area (Å²) in [6, 6.07) is 0.376. The van der Waals surface area contributed by atoms with E-state index < -0.39 is 5.54 Å². The molecule has 1 aliphatic heterocycles. The van der Waals surface area contributed by atoms with E-state index in [9.17, 15) is 9.59 Å². The van der Waals surface area contributed by atoms with Crippen LogP contribution in [0.15, 0.2) is 0 Å². The highest BCUT2D eigenvalue weighted by Gasteiger charge is 2.54. The van der Waals surface area contributed by atoms with Crippen molar-refractivity contribution in [2.24, 2.45) is 11.3 Å². The molecular formula is C19H33N3O2. The van der Waals surface area contributed by atoms with Crippen molar-refractivity contribution >= 4 is 11.9 Å². The van der Waals surface area contributed by atoms with Gasteiger partial charge in [0.05, 0.1) is 6.67 Å². The summed E-state index contributed by atoms with van der Waals surface area (Å²) in [6.07, 6.45) is 7.17. The van der Waals surface area contributed by atoms with Crippen LogP contribution < -0.4 is 5.32 Å². The number of amides is 3. The van der Waals surface area contributed by atoms with Crippen LogP contribution in [0, 0.1) is 11.3 Å². The topological polar surface area (TPSA) is 52.6 Å². The molecule has 136 valence electrons. The molecule has 0 atom stereocenters. The van der Waals surface area contributed by atoms with Crippen molar-refractivity contribution in [3.05, 3.63) is 0 Å². The second kappa shape index (κ2) is 6.32. The molecule has 5 nitrogen and oxygen atoms in total. The number of carbonyl (C=O) groups is 2. The predicted molar refractivity (Wildman–Crippen MR) is 94.4 cm³/mol. The Labute approximate surface area is 146 Å². The zero-order valence-electron chi connectivity index (χ0n) is 15.7. The van der Waals surface area contributed by atoms with Gasteiger partial charge in [-0.2, -0.15) is 0 Å². The van der Waals surface area contributed by atoms with Crippen molar-refractivity contribution in [3.63, 3.8) is 0 Å². The van der Waals surface area contributed by atoms with Crippen molar-refractivity contribution in [1.82, 2.24) is 15.1 Å². The van der Waals surface area contributed by atoms with Crippen LogP contribution in [0.5, 0.6) is 0 Å². The van der Waals surface area contributed by atoms with Gasteiger partial charge in [-0.3, -0.25) is 9.69 Å². The molecule has 0 aromatic carbocycles. The summed E-state index contributed by atoms with van der Waals surface area (Å²) in [6.45, 7) is 10.3. The average Bonchev–Trinajstić information content (AvgIpc) is 3.37. The van der Waals surface area contributed by atoms with Crippen molar-refractivity contribution in [2.75, 3.05) is 13.2 Å². The Balaban J connectivity index is 1.66. The fourth-order valence-electron chi connectivity index (χ4n) is 4.42. The lowest BCUT2D eigenvalue weighted by Gasteiger charge is -2.42. The zero-order valence-corrected chi connectivity index (χ0v) is 15.7. The van der Waals surface area contributed by atoms with Gasteiger partial charge in [0, 0.05) is 6.04 Å². The van der Waals surface area contributed by atoms with E-state index in [2.05, 4.69) is 37.9 Å². The van der Waals surface area contributed by atoms with Crippen LogP contribution in [0.3, 0.4) is 0 Å². The van der Waals surface area contributed by atoms with Crippen LogP contribution in [-0.2, 0) is 4.79 Å². The normalized spacial score (nSPS) is 31.2. The summed E-state index contributed by atoms with van der Waals surface area (Å²) in [5.41, 5.74) is -0.307. The van der Waals surface area contributed by atoms with Gasteiger partial charge in [-0.1, -0.05) is 34.1 Å². The van der Waals surface area contributed by atoms with Gasteiger partial charge in [0.25, 0.3) is 5.91 Å². The fourth-order valence-corrected chi connectivity index (χ4v) is 4.42. The average molecular weight is 335 g/mol. The van der Waals surface area contributed by atoms with Crippen LogP contribution in [0.2, 0.25) is 0 Å². The smallest absolute Gasteiger partial charge is 0.323 e. The maximum Gasteiger partial charge on any atom is 0.326 e. The SMILES string of the molecule is CCN(CN1C(=O)NC2(CCC(C(C)(C)CC)CC2)C1=O)C1CC1. The Morgan fingerprint density at radius 2 is 1.79 bits per heavy atom. The molecule has 3 amide bonds. The summed E-state index contributed by atoms with van der Waals surface area (Å²) < 4.78 is 0. The molecule has 1 saturated heterocycles. The Morgan fingerprint density at radius 1 is 1.17 bits per heavy atom. The molecule has 5 heteroatoms. The molecule has 3 rings (SSSR count). The first-order chi connectivity index (χ1) is 11.3. The molecule has 24 heavy (non-hydrogen) atoms. The van der Waals surface area contributed by atoms with Crippen molar-refractivity contribution in [1.29, 1.82) is 0 Å². The lowest BCUT2D eigenvalue weighted by Crippen LogP contribution is -2.51. The van der Waals surface area contributed by atoms with Crippen molar-refractivity contribution in [2.45, 2.75) is 84.2 Å². The van der Waals surface area contributed by atoms with Crippen LogP contribution in [0.1, 0.15) is 72.6 Å². The number of hydrogen-bond donors (Lipinski definition) is 1. The van der Waals surface area contributed by atoms with Crippen LogP contribution in [-0.4, -0.2) is 46.5 Å².